The summed E-state index contributed by atoms with van der Waals surface area (Å²) in [5, 5.41) is 5.29. The number of hydrogen-bond acceptors (Lipinski definition) is 3. The Morgan fingerprint density at radius 2 is 1.79 bits per heavy atom. The molecule has 0 bridgehead atoms. The van der Waals surface area contributed by atoms with Gasteiger partial charge in [-0.15, -0.1) is 11.3 Å². The van der Waals surface area contributed by atoms with Crippen molar-refractivity contribution < 1.29 is 4.79 Å². The number of nitrogens with zero attached hydrogens (tertiary/aromatic N) is 1. The number of hydrogen-bond donors (Lipinski definition) is 1. The second kappa shape index (κ2) is 9.18. The molecule has 0 spiro atoms. The lowest BCUT2D eigenvalue weighted by atomic mass is 9.93. The highest BCUT2D eigenvalue weighted by Crippen LogP contribution is 2.37. The van der Waals surface area contributed by atoms with E-state index < -0.39 is 0 Å². The molecule has 4 heteroatoms. The number of fused-ring (bicyclic) bond motifs is 1. The third kappa shape index (κ3) is 4.51. The van der Waals surface area contributed by atoms with E-state index >= 15 is 0 Å². The van der Waals surface area contributed by atoms with Crippen LogP contribution in [0.1, 0.15) is 34.0 Å². The van der Waals surface area contributed by atoms with Crippen molar-refractivity contribution in [2.45, 2.75) is 25.3 Å². The third-order valence-electron chi connectivity index (χ3n) is 5.33. The molecule has 1 unspecified atom stereocenters. The first-order chi connectivity index (χ1) is 13.8. The Morgan fingerprint density at radius 3 is 2.57 bits per heavy atom. The van der Waals surface area contributed by atoms with E-state index in [0.717, 1.165) is 32.4 Å². The topological polar surface area (TPSA) is 32.3 Å². The number of amides is 1. The van der Waals surface area contributed by atoms with Crippen LogP contribution < -0.4 is 5.32 Å². The molecule has 1 aromatic heterocycles. The zero-order valence-electron chi connectivity index (χ0n) is 16.0. The average Bonchev–Trinajstić information content (AvgIpc) is 3.21. The lowest BCUT2D eigenvalue weighted by Crippen LogP contribution is -2.43. The Hall–Kier alpha value is -2.43. The number of aryl methyl sites for hydroxylation is 1. The maximum absolute atomic E-state index is 12.6. The summed E-state index contributed by atoms with van der Waals surface area (Å²) >= 11 is 1.83. The summed E-state index contributed by atoms with van der Waals surface area (Å²) in [5.74, 6) is 0.118. The molecular weight excluding hydrogens is 364 g/mol. The van der Waals surface area contributed by atoms with Gasteiger partial charge in [-0.2, -0.15) is 0 Å². The van der Waals surface area contributed by atoms with Crippen molar-refractivity contribution >= 4 is 17.2 Å². The maximum Gasteiger partial charge on any atom is 0.234 e. The van der Waals surface area contributed by atoms with Crippen LogP contribution in [0.4, 0.5) is 0 Å². The van der Waals surface area contributed by atoms with Crippen LogP contribution in [0.2, 0.25) is 0 Å². The van der Waals surface area contributed by atoms with Gasteiger partial charge in [0.05, 0.1) is 12.6 Å². The van der Waals surface area contributed by atoms with Crippen LogP contribution in [-0.4, -0.2) is 30.4 Å². The first-order valence-electron chi connectivity index (χ1n) is 9.97. The second-order valence-electron chi connectivity index (χ2n) is 7.27. The van der Waals surface area contributed by atoms with Gasteiger partial charge in [0, 0.05) is 18.0 Å². The lowest BCUT2D eigenvalue weighted by Gasteiger charge is -2.35. The molecule has 2 heterocycles. The number of benzene rings is 2. The molecule has 4 rings (SSSR count). The highest BCUT2D eigenvalue weighted by molar-refractivity contribution is 7.10. The monoisotopic (exact) mass is 390 g/mol. The van der Waals surface area contributed by atoms with Crippen LogP contribution in [0.3, 0.4) is 0 Å². The van der Waals surface area contributed by atoms with Crippen LogP contribution in [0.15, 0.2) is 72.1 Å². The van der Waals surface area contributed by atoms with Crippen molar-refractivity contribution in [3.63, 3.8) is 0 Å². The molecule has 3 nitrogen and oxygen atoms in total. The molecule has 0 radical (unpaired) electrons. The Balaban J connectivity index is 1.35. The number of carbonyl (C=O) groups is 1. The molecule has 3 aromatic rings. The standard InChI is InChI=1S/C24H26N2OS/c27-23(25-15-7-10-19-8-3-1-4-9-19)18-26-16-13-22-21(14-17-28-22)24(26)20-11-5-2-6-12-20/h1-6,8-9,11-12,14,17,24H,7,10,13,15-16,18H2,(H,25,27). The van der Waals surface area contributed by atoms with E-state index in [-0.39, 0.29) is 11.9 Å². The van der Waals surface area contributed by atoms with Gasteiger partial charge < -0.3 is 5.32 Å². The summed E-state index contributed by atoms with van der Waals surface area (Å²) in [6.07, 6.45) is 2.99. The minimum absolute atomic E-state index is 0.118. The van der Waals surface area contributed by atoms with Crippen molar-refractivity contribution in [2.24, 2.45) is 0 Å². The number of nitrogens with one attached hydrogen (secondary N) is 1. The van der Waals surface area contributed by atoms with Gasteiger partial charge in [-0.05, 0) is 47.4 Å². The van der Waals surface area contributed by atoms with E-state index in [2.05, 4.69) is 70.2 Å². The zero-order chi connectivity index (χ0) is 19.2. The SMILES string of the molecule is O=C(CN1CCc2sccc2C1c1ccccc1)NCCCc1ccccc1. The number of thiophene rings is 1. The second-order valence-corrected chi connectivity index (χ2v) is 8.27. The molecule has 1 amide bonds. The minimum atomic E-state index is 0.118. The molecule has 1 N–H and O–H groups in total. The molecular formula is C24H26N2OS. The molecule has 1 aliphatic heterocycles. The van der Waals surface area contributed by atoms with Gasteiger partial charge in [0.1, 0.15) is 0 Å². The predicted molar refractivity (Wildman–Crippen MR) is 116 cm³/mol. The number of rotatable bonds is 7. The van der Waals surface area contributed by atoms with E-state index in [1.54, 1.807) is 0 Å². The van der Waals surface area contributed by atoms with Crippen molar-refractivity contribution in [1.82, 2.24) is 10.2 Å². The van der Waals surface area contributed by atoms with Crippen LogP contribution in [0.5, 0.6) is 0 Å². The molecule has 1 atom stereocenters. The summed E-state index contributed by atoms with van der Waals surface area (Å²) in [7, 11) is 0. The summed E-state index contributed by atoms with van der Waals surface area (Å²) in [4.78, 5) is 16.4. The summed E-state index contributed by atoms with van der Waals surface area (Å²) in [5.41, 5.74) is 3.94. The van der Waals surface area contributed by atoms with Gasteiger partial charge in [-0.25, -0.2) is 0 Å². The van der Waals surface area contributed by atoms with E-state index in [9.17, 15) is 4.79 Å². The van der Waals surface area contributed by atoms with Crippen LogP contribution >= 0.6 is 11.3 Å². The molecule has 0 fully saturated rings. The summed E-state index contributed by atoms with van der Waals surface area (Å²) in [6.45, 7) is 2.09. The quantitative estimate of drug-likeness (QED) is 0.605. The van der Waals surface area contributed by atoms with Crippen LogP contribution in [0, 0.1) is 0 Å². The van der Waals surface area contributed by atoms with Crippen molar-refractivity contribution in [2.75, 3.05) is 19.6 Å². The van der Waals surface area contributed by atoms with Gasteiger partial charge >= 0.3 is 0 Å². The largest absolute Gasteiger partial charge is 0.355 e. The van der Waals surface area contributed by atoms with Gasteiger partial charge in [0.2, 0.25) is 5.91 Å². The van der Waals surface area contributed by atoms with E-state index in [1.807, 2.05) is 23.5 Å². The van der Waals surface area contributed by atoms with Crippen molar-refractivity contribution in [3.8, 4) is 0 Å². The van der Waals surface area contributed by atoms with Gasteiger partial charge in [-0.3, -0.25) is 9.69 Å². The maximum atomic E-state index is 12.6. The molecule has 0 saturated carbocycles. The Labute approximate surface area is 171 Å². The Kier molecular flexibility index (Phi) is 6.20. The molecule has 144 valence electrons. The lowest BCUT2D eigenvalue weighted by molar-refractivity contribution is -0.122. The highest BCUT2D eigenvalue weighted by atomic mass is 32.1. The van der Waals surface area contributed by atoms with Crippen LogP contribution in [-0.2, 0) is 17.6 Å². The van der Waals surface area contributed by atoms with E-state index in [1.165, 1.54) is 21.6 Å². The molecule has 2 aromatic carbocycles. The van der Waals surface area contributed by atoms with E-state index in [0.29, 0.717) is 6.54 Å². The summed E-state index contributed by atoms with van der Waals surface area (Å²) in [6, 6.07) is 23.4. The fraction of sp³-hybridized carbons (Fsp3) is 0.292. The summed E-state index contributed by atoms with van der Waals surface area (Å²) < 4.78 is 0. The first kappa shape index (κ1) is 18.9. The minimum Gasteiger partial charge on any atom is -0.355 e. The fourth-order valence-electron chi connectivity index (χ4n) is 3.97. The molecule has 28 heavy (non-hydrogen) atoms. The highest BCUT2D eigenvalue weighted by Gasteiger charge is 2.30. The Bertz CT molecular complexity index is 891. The molecule has 1 aliphatic rings. The first-order valence-corrected chi connectivity index (χ1v) is 10.8. The third-order valence-corrected chi connectivity index (χ3v) is 6.33. The van der Waals surface area contributed by atoms with Gasteiger partial charge in [0.25, 0.3) is 0 Å². The normalized spacial score (nSPS) is 16.5. The zero-order valence-corrected chi connectivity index (χ0v) is 16.8. The number of carbonyl (C=O) groups excluding carboxylic acids is 1. The van der Waals surface area contributed by atoms with E-state index in [4.69, 9.17) is 0 Å². The van der Waals surface area contributed by atoms with Crippen LogP contribution in [0.25, 0.3) is 0 Å². The smallest absolute Gasteiger partial charge is 0.234 e. The average molecular weight is 391 g/mol. The fourth-order valence-corrected chi connectivity index (χ4v) is 4.87. The van der Waals surface area contributed by atoms with Crippen molar-refractivity contribution in [3.05, 3.63) is 93.7 Å². The Morgan fingerprint density at radius 1 is 1.04 bits per heavy atom. The molecule has 0 saturated heterocycles. The van der Waals surface area contributed by atoms with Gasteiger partial charge in [0.15, 0.2) is 0 Å². The van der Waals surface area contributed by atoms with Gasteiger partial charge in [-0.1, -0.05) is 60.7 Å². The molecule has 0 aliphatic carbocycles. The van der Waals surface area contributed by atoms with Crippen molar-refractivity contribution in [1.29, 1.82) is 0 Å². The predicted octanol–water partition coefficient (Wildman–Crippen LogP) is 4.44.